The molecule has 2 heterocycles. The topological polar surface area (TPSA) is 39.2 Å². The van der Waals surface area contributed by atoms with Crippen molar-refractivity contribution >= 4 is 52.1 Å². The fourth-order valence-electron chi connectivity index (χ4n) is 5.73. The highest BCUT2D eigenvalue weighted by Crippen LogP contribution is 2.43. The molecular weight excluding hydrogens is 503 g/mol. The molecule has 3 aliphatic rings. The van der Waals surface area contributed by atoms with Crippen LogP contribution in [0.15, 0.2) is 47.6 Å². The number of hydrogen-bond donors (Lipinski definition) is 0. The van der Waals surface area contributed by atoms with Crippen LogP contribution in [0.5, 0.6) is 0 Å². The number of carbonyl (C=O) groups is 1. The van der Waals surface area contributed by atoms with Gasteiger partial charge in [0.05, 0.1) is 16.8 Å². The van der Waals surface area contributed by atoms with Crippen LogP contribution in [0.3, 0.4) is 0 Å². The molecule has 0 bridgehead atoms. The van der Waals surface area contributed by atoms with Crippen molar-refractivity contribution in [2.75, 3.05) is 31.2 Å². The lowest BCUT2D eigenvalue weighted by molar-refractivity contribution is -0.126. The highest BCUT2D eigenvalue weighted by Gasteiger charge is 2.42. The second-order valence-electron chi connectivity index (χ2n) is 9.83. The zero-order valence-electron chi connectivity index (χ0n) is 20.0. The molecule has 2 aromatic carbocycles. The van der Waals surface area contributed by atoms with Crippen LogP contribution >= 0.6 is 34.8 Å². The zero-order valence-corrected chi connectivity index (χ0v) is 22.2. The normalized spacial score (nSPS) is 24.1. The summed E-state index contributed by atoms with van der Waals surface area (Å²) >= 11 is 18.9. The lowest BCUT2D eigenvalue weighted by Crippen LogP contribution is -2.54. The molecule has 0 aromatic heterocycles. The summed E-state index contributed by atoms with van der Waals surface area (Å²) in [5.41, 5.74) is 2.33. The van der Waals surface area contributed by atoms with E-state index < -0.39 is 0 Å². The van der Waals surface area contributed by atoms with Crippen LogP contribution in [0, 0.1) is 5.92 Å². The second kappa shape index (κ2) is 10.7. The van der Waals surface area contributed by atoms with Crippen LogP contribution in [0.4, 0.5) is 5.69 Å². The van der Waals surface area contributed by atoms with Gasteiger partial charge in [0.2, 0.25) is 0 Å². The maximum absolute atomic E-state index is 13.7. The number of benzene rings is 2. The Labute approximate surface area is 222 Å². The number of hydrazone groups is 1. The van der Waals surface area contributed by atoms with Crippen molar-refractivity contribution in [3.05, 3.63) is 63.1 Å². The van der Waals surface area contributed by atoms with E-state index in [0.717, 1.165) is 37.4 Å². The summed E-state index contributed by atoms with van der Waals surface area (Å²) < 4.78 is 0. The molecular formula is C27H31Cl3N4O. The average molecular weight is 534 g/mol. The predicted octanol–water partition coefficient (Wildman–Crippen LogP) is 6.68. The molecule has 0 spiro atoms. The third kappa shape index (κ3) is 5.20. The van der Waals surface area contributed by atoms with Gasteiger partial charge in [-0.25, -0.2) is 0 Å². The lowest BCUT2D eigenvalue weighted by atomic mass is 9.90. The molecule has 2 fully saturated rings. The standard InChI is InChI=1S/C27H31Cl3N4O/c1-18-25(27(35)33-15-13-32(14-16-33)22-5-3-2-4-6-22)31-34(24-12-11-21(29)17-23(24)30)26(18)19-7-9-20(28)10-8-19/h7-12,17-18,22,26H,2-6,13-16H2,1H3/t18-,26+/m1/s1. The minimum atomic E-state index is -0.173. The molecule has 1 aliphatic carbocycles. The Hall–Kier alpha value is -1.79. The summed E-state index contributed by atoms with van der Waals surface area (Å²) in [6.45, 7) is 5.43. The Bertz CT molecular complexity index is 1090. The van der Waals surface area contributed by atoms with Gasteiger partial charge >= 0.3 is 0 Å². The van der Waals surface area contributed by atoms with Gasteiger partial charge in [0.25, 0.3) is 5.91 Å². The Morgan fingerprint density at radius 1 is 0.886 bits per heavy atom. The second-order valence-corrected chi connectivity index (χ2v) is 11.1. The lowest BCUT2D eigenvalue weighted by Gasteiger charge is -2.40. The molecule has 1 saturated heterocycles. The zero-order chi connectivity index (χ0) is 24.5. The van der Waals surface area contributed by atoms with Crippen LogP contribution in [-0.4, -0.2) is 53.6 Å². The van der Waals surface area contributed by atoms with Crippen molar-refractivity contribution in [2.45, 2.75) is 51.1 Å². The van der Waals surface area contributed by atoms with Gasteiger partial charge in [0.1, 0.15) is 5.71 Å². The van der Waals surface area contributed by atoms with E-state index in [0.29, 0.717) is 26.8 Å². The monoisotopic (exact) mass is 532 g/mol. The van der Waals surface area contributed by atoms with Crippen LogP contribution in [0.1, 0.15) is 50.6 Å². The molecule has 5 rings (SSSR count). The first kappa shape index (κ1) is 24.9. The number of halogens is 3. The molecule has 0 unspecified atom stereocenters. The van der Waals surface area contributed by atoms with E-state index in [1.807, 2.05) is 40.2 Å². The fourth-order valence-corrected chi connectivity index (χ4v) is 6.35. The van der Waals surface area contributed by atoms with E-state index in [-0.39, 0.29) is 17.9 Å². The van der Waals surface area contributed by atoms with Crippen molar-refractivity contribution in [2.24, 2.45) is 11.0 Å². The summed E-state index contributed by atoms with van der Waals surface area (Å²) in [6, 6.07) is 13.6. The fraction of sp³-hybridized carbons (Fsp3) is 0.481. The van der Waals surface area contributed by atoms with Gasteiger partial charge in [-0.05, 0) is 48.7 Å². The number of hydrogen-bond acceptors (Lipinski definition) is 4. The van der Waals surface area contributed by atoms with Gasteiger partial charge in [-0.15, -0.1) is 0 Å². The van der Waals surface area contributed by atoms with E-state index in [2.05, 4.69) is 11.8 Å². The first-order valence-electron chi connectivity index (χ1n) is 12.5. The average Bonchev–Trinajstić information content (AvgIpc) is 3.21. The van der Waals surface area contributed by atoms with Gasteiger partial charge in [-0.2, -0.15) is 5.10 Å². The number of rotatable bonds is 4. The Morgan fingerprint density at radius 3 is 2.20 bits per heavy atom. The van der Waals surface area contributed by atoms with Crippen LogP contribution in [0.25, 0.3) is 0 Å². The number of amides is 1. The van der Waals surface area contributed by atoms with Crippen LogP contribution < -0.4 is 5.01 Å². The van der Waals surface area contributed by atoms with Gasteiger partial charge in [-0.3, -0.25) is 14.7 Å². The SMILES string of the molecule is C[C@@H]1C(C(=O)N2CCN(C3CCCCC3)CC2)=NN(c2ccc(Cl)cc2Cl)[C@@H]1c1ccc(Cl)cc1. The molecule has 0 N–H and O–H groups in total. The Balaban J connectivity index is 1.38. The van der Waals surface area contributed by atoms with Gasteiger partial charge < -0.3 is 4.90 Å². The maximum Gasteiger partial charge on any atom is 0.270 e. The molecule has 186 valence electrons. The van der Waals surface area contributed by atoms with E-state index in [1.54, 1.807) is 12.1 Å². The number of piperazine rings is 1. The highest BCUT2D eigenvalue weighted by atomic mass is 35.5. The summed E-state index contributed by atoms with van der Waals surface area (Å²) in [4.78, 5) is 18.3. The Morgan fingerprint density at radius 2 is 1.54 bits per heavy atom. The quantitative estimate of drug-likeness (QED) is 0.440. The van der Waals surface area contributed by atoms with Crippen LogP contribution in [-0.2, 0) is 4.79 Å². The van der Waals surface area contributed by atoms with Crippen molar-refractivity contribution in [1.82, 2.24) is 9.80 Å². The molecule has 8 heteroatoms. The van der Waals surface area contributed by atoms with Crippen molar-refractivity contribution in [3.8, 4) is 0 Å². The third-order valence-electron chi connectivity index (χ3n) is 7.66. The molecule has 35 heavy (non-hydrogen) atoms. The first-order valence-corrected chi connectivity index (χ1v) is 13.7. The van der Waals surface area contributed by atoms with E-state index in [4.69, 9.17) is 39.9 Å². The maximum atomic E-state index is 13.7. The predicted molar refractivity (Wildman–Crippen MR) is 145 cm³/mol. The van der Waals surface area contributed by atoms with Crippen molar-refractivity contribution in [3.63, 3.8) is 0 Å². The largest absolute Gasteiger partial charge is 0.335 e. The molecule has 2 atom stereocenters. The van der Waals surface area contributed by atoms with Gasteiger partial charge in [0.15, 0.2) is 0 Å². The minimum Gasteiger partial charge on any atom is -0.335 e. The van der Waals surface area contributed by atoms with E-state index in [9.17, 15) is 4.79 Å². The van der Waals surface area contributed by atoms with Gasteiger partial charge in [0, 0.05) is 48.2 Å². The van der Waals surface area contributed by atoms with Gasteiger partial charge in [-0.1, -0.05) is 73.1 Å². The Kier molecular flexibility index (Phi) is 7.59. The van der Waals surface area contributed by atoms with E-state index in [1.165, 1.54) is 32.1 Å². The molecule has 5 nitrogen and oxygen atoms in total. The number of nitrogens with zero attached hydrogens (tertiary/aromatic N) is 4. The summed E-state index contributed by atoms with van der Waals surface area (Å²) in [5, 5.41) is 8.48. The molecule has 2 aromatic rings. The minimum absolute atomic E-state index is 0.0207. The molecule has 2 aliphatic heterocycles. The third-order valence-corrected chi connectivity index (χ3v) is 8.45. The van der Waals surface area contributed by atoms with Crippen molar-refractivity contribution < 1.29 is 4.79 Å². The number of carbonyl (C=O) groups excluding carboxylic acids is 1. The number of anilines is 1. The smallest absolute Gasteiger partial charge is 0.270 e. The molecule has 1 saturated carbocycles. The van der Waals surface area contributed by atoms with E-state index >= 15 is 0 Å². The molecule has 0 radical (unpaired) electrons. The highest BCUT2D eigenvalue weighted by molar-refractivity contribution is 6.41. The van der Waals surface area contributed by atoms with Crippen molar-refractivity contribution in [1.29, 1.82) is 0 Å². The van der Waals surface area contributed by atoms with Crippen LogP contribution in [0.2, 0.25) is 15.1 Å². The summed E-state index contributed by atoms with van der Waals surface area (Å²) in [7, 11) is 0. The molecule has 1 amide bonds. The first-order chi connectivity index (χ1) is 16.9. The summed E-state index contributed by atoms with van der Waals surface area (Å²) in [6.07, 6.45) is 6.59. The summed E-state index contributed by atoms with van der Waals surface area (Å²) in [5.74, 6) is -0.0980.